The fraction of sp³-hybridized carbons (Fsp3) is 0.917. The topological polar surface area (TPSA) is 59.6 Å². The van der Waals surface area contributed by atoms with Gasteiger partial charge in [-0.15, -0.1) is 0 Å². The summed E-state index contributed by atoms with van der Waals surface area (Å²) < 4.78 is 10.8. The highest BCUT2D eigenvalue weighted by atomic mass is 16.5. The summed E-state index contributed by atoms with van der Waals surface area (Å²) in [5.74, 6) is 0. The Morgan fingerprint density at radius 3 is 2.53 bits per heavy atom. The molecule has 0 aromatic rings. The van der Waals surface area contributed by atoms with Gasteiger partial charge in [0.15, 0.2) is 0 Å². The van der Waals surface area contributed by atoms with Crippen LogP contribution >= 0.6 is 0 Å². The van der Waals surface area contributed by atoms with Gasteiger partial charge in [0.2, 0.25) is 0 Å². The Morgan fingerprint density at radius 2 is 1.88 bits per heavy atom. The molecule has 5 nitrogen and oxygen atoms in total. The minimum atomic E-state index is -0.132. The minimum absolute atomic E-state index is 0.0804. The predicted octanol–water partition coefficient (Wildman–Crippen LogP) is 1.03. The zero-order chi connectivity index (χ0) is 12.3. The molecular formula is C12H22N2O3. The summed E-state index contributed by atoms with van der Waals surface area (Å²) in [6.45, 7) is 6.21. The van der Waals surface area contributed by atoms with E-state index in [2.05, 4.69) is 24.5 Å². The molecule has 0 aliphatic carbocycles. The van der Waals surface area contributed by atoms with E-state index >= 15 is 0 Å². The molecule has 17 heavy (non-hydrogen) atoms. The third kappa shape index (κ3) is 3.85. The Labute approximate surface area is 102 Å². The van der Waals surface area contributed by atoms with Crippen LogP contribution in [0.4, 0.5) is 4.79 Å². The molecule has 0 bridgehead atoms. The lowest BCUT2D eigenvalue weighted by Crippen LogP contribution is -2.51. The largest absolute Gasteiger partial charge is 0.379 e. The summed E-state index contributed by atoms with van der Waals surface area (Å²) in [7, 11) is 0. The molecule has 2 aliphatic heterocycles. The van der Waals surface area contributed by atoms with E-state index in [4.69, 9.17) is 9.47 Å². The van der Waals surface area contributed by atoms with Gasteiger partial charge >= 0.3 is 6.03 Å². The number of amides is 2. The zero-order valence-electron chi connectivity index (χ0n) is 10.6. The van der Waals surface area contributed by atoms with E-state index in [1.807, 2.05) is 0 Å². The van der Waals surface area contributed by atoms with Gasteiger partial charge in [0, 0.05) is 19.3 Å². The lowest BCUT2D eigenvalue weighted by molar-refractivity contribution is -0.0611. The maximum atomic E-state index is 11.8. The maximum absolute atomic E-state index is 11.8. The average molecular weight is 242 g/mol. The molecule has 2 fully saturated rings. The van der Waals surface area contributed by atoms with Crippen molar-refractivity contribution in [3.05, 3.63) is 0 Å². The van der Waals surface area contributed by atoms with E-state index in [0.29, 0.717) is 13.2 Å². The van der Waals surface area contributed by atoms with Gasteiger partial charge in [0.25, 0.3) is 0 Å². The fourth-order valence-electron chi connectivity index (χ4n) is 2.42. The minimum Gasteiger partial charge on any atom is -0.379 e. The van der Waals surface area contributed by atoms with Crippen molar-refractivity contribution in [2.24, 2.45) is 0 Å². The van der Waals surface area contributed by atoms with E-state index in [-0.39, 0.29) is 23.7 Å². The van der Waals surface area contributed by atoms with E-state index in [1.54, 1.807) is 0 Å². The van der Waals surface area contributed by atoms with Gasteiger partial charge < -0.3 is 20.1 Å². The van der Waals surface area contributed by atoms with Crippen molar-refractivity contribution >= 4 is 6.03 Å². The summed E-state index contributed by atoms with van der Waals surface area (Å²) in [5, 5.41) is 5.95. The molecule has 0 saturated carbocycles. The lowest BCUT2D eigenvalue weighted by atomic mass is 9.94. The Morgan fingerprint density at radius 1 is 1.18 bits per heavy atom. The van der Waals surface area contributed by atoms with Gasteiger partial charge in [0.05, 0.1) is 18.2 Å². The lowest BCUT2D eigenvalue weighted by Gasteiger charge is -2.35. The van der Waals surface area contributed by atoms with Crippen LogP contribution in [-0.2, 0) is 9.47 Å². The van der Waals surface area contributed by atoms with Gasteiger partial charge in [-0.05, 0) is 33.1 Å². The molecule has 2 atom stereocenters. The van der Waals surface area contributed by atoms with Crippen LogP contribution in [0.25, 0.3) is 0 Å². The zero-order valence-corrected chi connectivity index (χ0v) is 10.6. The molecule has 2 rings (SSSR count). The highest BCUT2D eigenvalue weighted by Gasteiger charge is 2.30. The van der Waals surface area contributed by atoms with E-state index in [9.17, 15) is 4.79 Å². The van der Waals surface area contributed by atoms with Crippen LogP contribution in [0.3, 0.4) is 0 Å². The normalized spacial score (nSPS) is 32.1. The number of carbonyl (C=O) groups excluding carboxylic acids is 1. The molecule has 2 amide bonds. The van der Waals surface area contributed by atoms with E-state index in [1.165, 1.54) is 0 Å². The van der Waals surface area contributed by atoms with Crippen molar-refractivity contribution in [2.45, 2.75) is 50.8 Å². The molecule has 0 aromatic heterocycles. The second kappa shape index (κ2) is 5.23. The molecule has 0 spiro atoms. The van der Waals surface area contributed by atoms with Crippen LogP contribution in [-0.4, -0.2) is 43.5 Å². The fourth-order valence-corrected chi connectivity index (χ4v) is 2.42. The molecular weight excluding hydrogens is 220 g/mol. The number of urea groups is 1. The first kappa shape index (κ1) is 12.6. The van der Waals surface area contributed by atoms with Gasteiger partial charge in [-0.3, -0.25) is 0 Å². The molecule has 2 saturated heterocycles. The van der Waals surface area contributed by atoms with Crippen molar-refractivity contribution in [3.8, 4) is 0 Å². The Hall–Kier alpha value is -0.810. The summed E-state index contributed by atoms with van der Waals surface area (Å²) in [6.07, 6.45) is 2.66. The summed E-state index contributed by atoms with van der Waals surface area (Å²) in [6, 6.07) is 0.298. The third-order valence-corrected chi connectivity index (χ3v) is 3.30. The quantitative estimate of drug-likeness (QED) is 0.760. The van der Waals surface area contributed by atoms with Gasteiger partial charge in [-0.2, -0.15) is 0 Å². The van der Waals surface area contributed by atoms with Crippen molar-refractivity contribution < 1.29 is 14.3 Å². The molecule has 2 heterocycles. The van der Waals surface area contributed by atoms with Gasteiger partial charge in [0.1, 0.15) is 0 Å². The monoisotopic (exact) mass is 242 g/mol. The summed E-state index contributed by atoms with van der Waals surface area (Å²) >= 11 is 0. The van der Waals surface area contributed by atoms with Gasteiger partial charge in [-0.1, -0.05) is 0 Å². The van der Waals surface area contributed by atoms with E-state index in [0.717, 1.165) is 25.9 Å². The number of carbonyl (C=O) groups is 1. The first-order valence-electron chi connectivity index (χ1n) is 6.34. The SMILES string of the molecule is CC1(C)CC(NC(=O)NC2CCOC2)CCO1. The Kier molecular flexibility index (Phi) is 3.89. The van der Waals surface area contributed by atoms with Crippen LogP contribution in [0.15, 0.2) is 0 Å². The van der Waals surface area contributed by atoms with Crippen LogP contribution in [0.5, 0.6) is 0 Å². The Balaban J connectivity index is 1.74. The summed E-state index contributed by atoms with van der Waals surface area (Å²) in [4.78, 5) is 11.8. The average Bonchev–Trinajstić information content (AvgIpc) is 2.68. The first-order valence-corrected chi connectivity index (χ1v) is 6.34. The van der Waals surface area contributed by atoms with Crippen LogP contribution in [0.2, 0.25) is 0 Å². The third-order valence-electron chi connectivity index (χ3n) is 3.30. The highest BCUT2D eigenvalue weighted by molar-refractivity contribution is 5.74. The summed E-state index contributed by atoms with van der Waals surface area (Å²) in [5.41, 5.74) is -0.132. The second-order valence-electron chi connectivity index (χ2n) is 5.48. The predicted molar refractivity (Wildman–Crippen MR) is 63.9 cm³/mol. The highest BCUT2D eigenvalue weighted by Crippen LogP contribution is 2.23. The first-order chi connectivity index (χ1) is 8.05. The number of hydrogen-bond donors (Lipinski definition) is 2. The number of hydrogen-bond acceptors (Lipinski definition) is 3. The molecule has 2 aliphatic rings. The molecule has 5 heteroatoms. The van der Waals surface area contributed by atoms with Gasteiger partial charge in [-0.25, -0.2) is 4.79 Å². The van der Waals surface area contributed by atoms with E-state index < -0.39 is 0 Å². The van der Waals surface area contributed by atoms with Crippen LogP contribution < -0.4 is 10.6 Å². The molecule has 0 radical (unpaired) electrons. The molecule has 98 valence electrons. The van der Waals surface area contributed by atoms with Crippen LogP contribution in [0, 0.1) is 0 Å². The number of ether oxygens (including phenoxy) is 2. The Bertz CT molecular complexity index is 275. The number of rotatable bonds is 2. The standard InChI is InChI=1S/C12H22N2O3/c1-12(2)7-9(4-6-17-12)13-11(15)14-10-3-5-16-8-10/h9-10H,3-8H2,1-2H3,(H2,13,14,15). The smallest absolute Gasteiger partial charge is 0.315 e. The van der Waals surface area contributed by atoms with Crippen molar-refractivity contribution in [2.75, 3.05) is 19.8 Å². The molecule has 2 unspecified atom stereocenters. The van der Waals surface area contributed by atoms with Crippen LogP contribution in [0.1, 0.15) is 33.1 Å². The maximum Gasteiger partial charge on any atom is 0.315 e. The molecule has 0 aromatic carbocycles. The molecule has 2 N–H and O–H groups in total. The second-order valence-corrected chi connectivity index (χ2v) is 5.48. The van der Waals surface area contributed by atoms with Crippen molar-refractivity contribution in [1.29, 1.82) is 0 Å². The van der Waals surface area contributed by atoms with Crippen molar-refractivity contribution in [1.82, 2.24) is 10.6 Å². The van der Waals surface area contributed by atoms with Crippen molar-refractivity contribution in [3.63, 3.8) is 0 Å². The number of nitrogens with one attached hydrogen (secondary N) is 2.